The van der Waals surface area contributed by atoms with Crippen molar-refractivity contribution in [2.45, 2.75) is 45.6 Å². The van der Waals surface area contributed by atoms with Crippen LogP contribution in [0.1, 0.15) is 41.9 Å². The van der Waals surface area contributed by atoms with Crippen molar-refractivity contribution >= 4 is 17.2 Å². The van der Waals surface area contributed by atoms with Gasteiger partial charge < -0.3 is 15.0 Å². The smallest absolute Gasteiger partial charge is 0.226 e. The Balaban J connectivity index is 1.33. The second kappa shape index (κ2) is 10.4. The molecule has 1 saturated heterocycles. The number of benzene rings is 1. The van der Waals surface area contributed by atoms with Gasteiger partial charge in [0.05, 0.1) is 12.1 Å². The maximum absolute atomic E-state index is 12.1. The second-order valence-electron chi connectivity index (χ2n) is 7.12. The van der Waals surface area contributed by atoms with Gasteiger partial charge in [0.25, 0.3) is 0 Å². The molecule has 0 atom stereocenters. The Bertz CT molecular complexity index is 708. The van der Waals surface area contributed by atoms with Crippen LogP contribution >= 0.6 is 11.3 Å². The van der Waals surface area contributed by atoms with E-state index in [1.165, 1.54) is 49.3 Å². The van der Waals surface area contributed by atoms with Crippen LogP contribution in [0, 0.1) is 6.92 Å². The van der Waals surface area contributed by atoms with Gasteiger partial charge in [0.1, 0.15) is 17.4 Å². The van der Waals surface area contributed by atoms with E-state index in [-0.39, 0.29) is 5.91 Å². The summed E-state index contributed by atoms with van der Waals surface area (Å²) in [6.45, 7) is 6.72. The zero-order chi connectivity index (χ0) is 18.9. The number of aryl methyl sites for hydroxylation is 1. The fourth-order valence-corrected chi connectivity index (χ4v) is 3.92. The average molecular weight is 388 g/mol. The summed E-state index contributed by atoms with van der Waals surface area (Å²) in [5.41, 5.74) is 2.02. The summed E-state index contributed by atoms with van der Waals surface area (Å²) in [7, 11) is 0. The van der Waals surface area contributed by atoms with Crippen LogP contribution in [0.3, 0.4) is 0 Å². The topological polar surface area (TPSA) is 54.5 Å². The molecular weight excluding hydrogens is 358 g/mol. The van der Waals surface area contributed by atoms with Gasteiger partial charge in [0, 0.05) is 11.9 Å². The number of nitrogens with one attached hydrogen (secondary N) is 1. The van der Waals surface area contributed by atoms with Crippen LogP contribution in [0.25, 0.3) is 0 Å². The first kappa shape index (κ1) is 19.8. The Morgan fingerprint density at radius 2 is 2.00 bits per heavy atom. The number of carbonyl (C=O) groups is 1. The highest BCUT2D eigenvalue weighted by Gasteiger charge is 2.10. The summed E-state index contributed by atoms with van der Waals surface area (Å²) < 4.78 is 5.75. The Labute approximate surface area is 165 Å². The third kappa shape index (κ3) is 6.96. The maximum Gasteiger partial charge on any atom is 0.226 e. The lowest BCUT2D eigenvalue weighted by Gasteiger charge is -2.26. The largest absolute Gasteiger partial charge is 0.486 e. The van der Waals surface area contributed by atoms with Gasteiger partial charge in [-0.2, -0.15) is 0 Å². The zero-order valence-corrected chi connectivity index (χ0v) is 16.9. The van der Waals surface area contributed by atoms with E-state index in [2.05, 4.69) is 22.1 Å². The van der Waals surface area contributed by atoms with Gasteiger partial charge in [-0.15, -0.1) is 11.3 Å². The molecule has 2 aromatic rings. The number of ether oxygens (including phenoxy) is 1. The van der Waals surface area contributed by atoms with Crippen molar-refractivity contribution in [3.8, 4) is 5.75 Å². The molecule has 1 fully saturated rings. The summed E-state index contributed by atoms with van der Waals surface area (Å²) in [6.07, 6.45) is 5.33. The molecule has 0 radical (unpaired) electrons. The molecule has 1 aliphatic heterocycles. The highest BCUT2D eigenvalue weighted by Crippen LogP contribution is 2.16. The van der Waals surface area contributed by atoms with Crippen molar-refractivity contribution in [3.05, 3.63) is 45.9 Å². The summed E-state index contributed by atoms with van der Waals surface area (Å²) in [5.74, 6) is 0.883. The predicted octanol–water partition coefficient (Wildman–Crippen LogP) is 3.57. The van der Waals surface area contributed by atoms with Crippen LogP contribution in [-0.2, 0) is 17.8 Å². The zero-order valence-electron chi connectivity index (χ0n) is 16.1. The predicted molar refractivity (Wildman–Crippen MR) is 109 cm³/mol. The Morgan fingerprint density at radius 1 is 1.22 bits per heavy atom. The SMILES string of the molecule is Cc1ccc(OCc2nc(CC(=O)NCCCN3CCCCC3)cs2)cc1. The molecule has 1 aromatic carbocycles. The van der Waals surface area contributed by atoms with Crippen LogP contribution in [-0.4, -0.2) is 42.0 Å². The monoisotopic (exact) mass is 387 g/mol. The molecule has 0 saturated carbocycles. The van der Waals surface area contributed by atoms with Gasteiger partial charge >= 0.3 is 0 Å². The van der Waals surface area contributed by atoms with Crippen molar-refractivity contribution in [1.82, 2.24) is 15.2 Å². The molecule has 27 heavy (non-hydrogen) atoms. The summed E-state index contributed by atoms with van der Waals surface area (Å²) in [5, 5.41) is 5.85. The minimum Gasteiger partial charge on any atom is -0.486 e. The van der Waals surface area contributed by atoms with E-state index in [0.29, 0.717) is 13.0 Å². The van der Waals surface area contributed by atoms with Crippen molar-refractivity contribution in [2.24, 2.45) is 0 Å². The molecular formula is C21H29N3O2S. The molecule has 1 aromatic heterocycles. The number of thiazole rings is 1. The lowest BCUT2D eigenvalue weighted by atomic mass is 10.1. The van der Waals surface area contributed by atoms with E-state index >= 15 is 0 Å². The van der Waals surface area contributed by atoms with Gasteiger partial charge in [0.2, 0.25) is 5.91 Å². The molecule has 1 aliphatic rings. The molecule has 0 spiro atoms. The van der Waals surface area contributed by atoms with E-state index in [4.69, 9.17) is 4.74 Å². The van der Waals surface area contributed by atoms with E-state index in [1.54, 1.807) is 0 Å². The number of nitrogens with zero attached hydrogens (tertiary/aromatic N) is 2. The summed E-state index contributed by atoms with van der Waals surface area (Å²) in [6, 6.07) is 7.97. The van der Waals surface area contributed by atoms with E-state index in [0.717, 1.165) is 36.0 Å². The van der Waals surface area contributed by atoms with Gasteiger partial charge in [-0.1, -0.05) is 24.1 Å². The highest BCUT2D eigenvalue weighted by atomic mass is 32.1. The quantitative estimate of drug-likeness (QED) is 0.669. The van der Waals surface area contributed by atoms with Crippen LogP contribution in [0.15, 0.2) is 29.6 Å². The van der Waals surface area contributed by atoms with Crippen LogP contribution in [0.2, 0.25) is 0 Å². The first-order valence-corrected chi connectivity index (χ1v) is 10.7. The Kier molecular flexibility index (Phi) is 7.66. The standard InChI is InChI=1S/C21H29N3O2S/c1-17-6-8-19(9-7-17)26-15-21-23-18(16-27-21)14-20(25)22-10-5-13-24-11-3-2-4-12-24/h6-9,16H,2-5,10-15H2,1H3,(H,22,25). The normalized spacial score (nSPS) is 14.9. The van der Waals surface area contributed by atoms with Gasteiger partial charge in [-0.25, -0.2) is 4.98 Å². The summed E-state index contributed by atoms with van der Waals surface area (Å²) >= 11 is 1.54. The van der Waals surface area contributed by atoms with Crippen LogP contribution in [0.4, 0.5) is 0 Å². The molecule has 1 N–H and O–H groups in total. The van der Waals surface area contributed by atoms with Gasteiger partial charge in [-0.3, -0.25) is 4.79 Å². The van der Waals surface area contributed by atoms with Gasteiger partial charge in [-0.05, 0) is 58.0 Å². The lowest BCUT2D eigenvalue weighted by Crippen LogP contribution is -2.33. The van der Waals surface area contributed by atoms with Crippen LogP contribution in [0.5, 0.6) is 5.75 Å². The molecule has 146 valence electrons. The Morgan fingerprint density at radius 3 is 2.78 bits per heavy atom. The van der Waals surface area contributed by atoms with Crippen molar-refractivity contribution in [1.29, 1.82) is 0 Å². The van der Waals surface area contributed by atoms with Crippen molar-refractivity contribution in [2.75, 3.05) is 26.2 Å². The first-order valence-electron chi connectivity index (χ1n) is 9.81. The molecule has 1 amide bonds. The molecule has 5 nitrogen and oxygen atoms in total. The number of amides is 1. The summed E-state index contributed by atoms with van der Waals surface area (Å²) in [4.78, 5) is 19.1. The third-order valence-electron chi connectivity index (χ3n) is 4.75. The lowest BCUT2D eigenvalue weighted by molar-refractivity contribution is -0.120. The molecule has 0 bridgehead atoms. The minimum atomic E-state index is 0.0462. The highest BCUT2D eigenvalue weighted by molar-refractivity contribution is 7.09. The van der Waals surface area contributed by atoms with E-state index in [9.17, 15) is 4.79 Å². The fourth-order valence-electron chi connectivity index (χ4n) is 3.22. The number of likely N-dealkylation sites (tertiary alicyclic amines) is 1. The molecule has 0 unspecified atom stereocenters. The number of piperidine rings is 1. The third-order valence-corrected chi connectivity index (χ3v) is 5.62. The average Bonchev–Trinajstić information content (AvgIpc) is 3.13. The van der Waals surface area contributed by atoms with Crippen molar-refractivity contribution in [3.63, 3.8) is 0 Å². The second-order valence-corrected chi connectivity index (χ2v) is 8.06. The number of hydrogen-bond acceptors (Lipinski definition) is 5. The number of aromatic nitrogens is 1. The maximum atomic E-state index is 12.1. The number of hydrogen-bond donors (Lipinski definition) is 1. The Hall–Kier alpha value is -1.92. The minimum absolute atomic E-state index is 0.0462. The number of carbonyl (C=O) groups excluding carboxylic acids is 1. The van der Waals surface area contributed by atoms with Gasteiger partial charge in [0.15, 0.2) is 0 Å². The molecule has 6 heteroatoms. The van der Waals surface area contributed by atoms with E-state index in [1.807, 2.05) is 29.6 Å². The molecule has 0 aliphatic carbocycles. The van der Waals surface area contributed by atoms with E-state index < -0.39 is 0 Å². The van der Waals surface area contributed by atoms with Crippen LogP contribution < -0.4 is 10.1 Å². The molecule has 2 heterocycles. The first-order chi connectivity index (χ1) is 13.2. The molecule has 3 rings (SSSR count). The fraction of sp³-hybridized carbons (Fsp3) is 0.524. The van der Waals surface area contributed by atoms with Crippen molar-refractivity contribution < 1.29 is 9.53 Å². The number of rotatable bonds is 9.